The standard InChI is InChI=1S/C18H16ClFO4/c1-22-16-10-18(24-3)17(23-2)8-11(16)4-7-15(21)13-6-5-12(20)9-14(13)19/h4-10H,1-3H3/b7-4+. The Hall–Kier alpha value is -2.53. The quantitative estimate of drug-likeness (QED) is 0.572. The molecule has 0 aliphatic rings. The van der Waals surface area contributed by atoms with Crippen LogP contribution in [0.4, 0.5) is 4.39 Å². The van der Waals surface area contributed by atoms with Gasteiger partial charge in [0, 0.05) is 17.2 Å². The molecule has 0 amide bonds. The van der Waals surface area contributed by atoms with Gasteiger partial charge in [0.15, 0.2) is 17.3 Å². The zero-order valence-corrected chi connectivity index (χ0v) is 14.2. The molecule has 0 saturated carbocycles. The Kier molecular flexibility index (Phi) is 5.82. The van der Waals surface area contributed by atoms with Crippen LogP contribution in [-0.4, -0.2) is 27.1 Å². The van der Waals surface area contributed by atoms with E-state index in [1.807, 2.05) is 0 Å². The van der Waals surface area contributed by atoms with E-state index in [0.29, 0.717) is 22.8 Å². The van der Waals surface area contributed by atoms with E-state index < -0.39 is 5.82 Å². The van der Waals surface area contributed by atoms with Crippen LogP contribution in [0.5, 0.6) is 17.2 Å². The van der Waals surface area contributed by atoms with Crippen molar-refractivity contribution in [3.8, 4) is 17.2 Å². The predicted octanol–water partition coefficient (Wildman–Crippen LogP) is 4.40. The number of hydrogen-bond donors (Lipinski definition) is 0. The summed E-state index contributed by atoms with van der Waals surface area (Å²) in [5.74, 6) is 0.686. The fourth-order valence-electron chi connectivity index (χ4n) is 2.13. The summed E-state index contributed by atoms with van der Waals surface area (Å²) in [5, 5.41) is 0.0592. The monoisotopic (exact) mass is 350 g/mol. The maximum absolute atomic E-state index is 13.1. The highest BCUT2D eigenvalue weighted by atomic mass is 35.5. The second-order valence-electron chi connectivity index (χ2n) is 4.77. The second-order valence-corrected chi connectivity index (χ2v) is 5.18. The van der Waals surface area contributed by atoms with Crippen molar-refractivity contribution < 1.29 is 23.4 Å². The molecule has 0 aromatic heterocycles. The second kappa shape index (κ2) is 7.84. The number of rotatable bonds is 6. The van der Waals surface area contributed by atoms with E-state index in [-0.39, 0.29) is 16.4 Å². The first-order valence-corrected chi connectivity index (χ1v) is 7.35. The molecule has 0 spiro atoms. The first kappa shape index (κ1) is 17.8. The van der Waals surface area contributed by atoms with Gasteiger partial charge in [0.05, 0.1) is 26.4 Å². The van der Waals surface area contributed by atoms with Gasteiger partial charge in [-0.05, 0) is 36.4 Å². The smallest absolute Gasteiger partial charge is 0.187 e. The van der Waals surface area contributed by atoms with Crippen molar-refractivity contribution in [2.45, 2.75) is 0 Å². The minimum Gasteiger partial charge on any atom is -0.496 e. The Morgan fingerprint density at radius 2 is 1.62 bits per heavy atom. The van der Waals surface area contributed by atoms with Gasteiger partial charge >= 0.3 is 0 Å². The van der Waals surface area contributed by atoms with Crippen LogP contribution < -0.4 is 14.2 Å². The molecule has 0 aliphatic heterocycles. The van der Waals surface area contributed by atoms with Gasteiger partial charge in [-0.2, -0.15) is 0 Å². The summed E-state index contributed by atoms with van der Waals surface area (Å²) in [4.78, 5) is 12.2. The average molecular weight is 351 g/mol. The van der Waals surface area contributed by atoms with E-state index in [1.165, 1.54) is 39.5 Å². The van der Waals surface area contributed by atoms with Crippen molar-refractivity contribution >= 4 is 23.5 Å². The zero-order valence-electron chi connectivity index (χ0n) is 13.4. The lowest BCUT2D eigenvalue weighted by molar-refractivity contribution is 0.104. The van der Waals surface area contributed by atoms with Gasteiger partial charge < -0.3 is 14.2 Å². The topological polar surface area (TPSA) is 44.8 Å². The summed E-state index contributed by atoms with van der Waals surface area (Å²) >= 11 is 5.90. The van der Waals surface area contributed by atoms with Crippen LogP contribution in [0.2, 0.25) is 5.02 Å². The maximum Gasteiger partial charge on any atom is 0.187 e. The highest BCUT2D eigenvalue weighted by Gasteiger charge is 2.12. The minimum atomic E-state index is -0.498. The van der Waals surface area contributed by atoms with Gasteiger partial charge in [0.25, 0.3) is 0 Å². The molecule has 24 heavy (non-hydrogen) atoms. The van der Waals surface area contributed by atoms with E-state index in [1.54, 1.807) is 18.2 Å². The molecule has 6 heteroatoms. The van der Waals surface area contributed by atoms with Crippen molar-refractivity contribution in [3.05, 3.63) is 58.4 Å². The normalized spacial score (nSPS) is 10.7. The lowest BCUT2D eigenvalue weighted by Crippen LogP contribution is -1.97. The van der Waals surface area contributed by atoms with Crippen LogP contribution >= 0.6 is 11.6 Å². The SMILES string of the molecule is COc1cc(OC)c(OC)cc1/C=C/C(=O)c1ccc(F)cc1Cl. The van der Waals surface area contributed by atoms with Crippen molar-refractivity contribution in [1.29, 1.82) is 0 Å². The van der Waals surface area contributed by atoms with Gasteiger partial charge in [0.2, 0.25) is 0 Å². The van der Waals surface area contributed by atoms with E-state index in [9.17, 15) is 9.18 Å². The van der Waals surface area contributed by atoms with Gasteiger partial charge in [-0.25, -0.2) is 4.39 Å². The number of hydrogen-bond acceptors (Lipinski definition) is 4. The van der Waals surface area contributed by atoms with Gasteiger partial charge in [-0.1, -0.05) is 11.6 Å². The molecule has 0 saturated heterocycles. The molecule has 2 aromatic rings. The maximum atomic E-state index is 13.1. The molecule has 2 aromatic carbocycles. The summed E-state index contributed by atoms with van der Waals surface area (Å²) in [7, 11) is 4.55. The van der Waals surface area contributed by atoms with E-state index >= 15 is 0 Å². The van der Waals surface area contributed by atoms with E-state index in [4.69, 9.17) is 25.8 Å². The van der Waals surface area contributed by atoms with Crippen LogP contribution in [-0.2, 0) is 0 Å². The van der Waals surface area contributed by atoms with Crippen LogP contribution in [0.3, 0.4) is 0 Å². The minimum absolute atomic E-state index is 0.0592. The number of ether oxygens (including phenoxy) is 3. The molecule has 0 atom stereocenters. The van der Waals surface area contributed by atoms with Gasteiger partial charge in [-0.3, -0.25) is 4.79 Å². The lowest BCUT2D eigenvalue weighted by atomic mass is 10.1. The highest BCUT2D eigenvalue weighted by Crippen LogP contribution is 2.35. The Bertz CT molecular complexity index is 787. The molecule has 4 nitrogen and oxygen atoms in total. The number of benzene rings is 2. The van der Waals surface area contributed by atoms with Crippen molar-refractivity contribution in [2.75, 3.05) is 21.3 Å². The molecule has 0 aliphatic carbocycles. The third-order valence-corrected chi connectivity index (χ3v) is 3.66. The first-order valence-electron chi connectivity index (χ1n) is 6.97. The van der Waals surface area contributed by atoms with Crippen LogP contribution in [0.25, 0.3) is 6.08 Å². The summed E-state index contributed by atoms with van der Waals surface area (Å²) in [6.07, 6.45) is 2.91. The molecule has 2 rings (SSSR count). The number of carbonyl (C=O) groups excluding carboxylic acids is 1. The Labute approximate surface area is 144 Å². The van der Waals surface area contributed by atoms with Crippen molar-refractivity contribution in [3.63, 3.8) is 0 Å². The third-order valence-electron chi connectivity index (χ3n) is 3.35. The predicted molar refractivity (Wildman–Crippen MR) is 90.9 cm³/mol. The van der Waals surface area contributed by atoms with Gasteiger partial charge in [0.1, 0.15) is 11.6 Å². The third kappa shape index (κ3) is 3.86. The highest BCUT2D eigenvalue weighted by molar-refractivity contribution is 6.34. The molecule has 0 radical (unpaired) electrons. The Morgan fingerprint density at radius 3 is 2.21 bits per heavy atom. The fourth-order valence-corrected chi connectivity index (χ4v) is 2.39. The van der Waals surface area contributed by atoms with Crippen LogP contribution in [0, 0.1) is 5.82 Å². The summed E-state index contributed by atoms with van der Waals surface area (Å²) in [6.45, 7) is 0. The Morgan fingerprint density at radius 1 is 1.00 bits per heavy atom. The van der Waals surface area contributed by atoms with Crippen LogP contribution in [0.15, 0.2) is 36.4 Å². The summed E-state index contributed by atoms with van der Waals surface area (Å²) in [6, 6.07) is 6.97. The molecule has 0 N–H and O–H groups in total. The molecule has 0 bridgehead atoms. The number of allylic oxidation sites excluding steroid dienone is 1. The number of methoxy groups -OCH3 is 3. The molecule has 0 fully saturated rings. The van der Waals surface area contributed by atoms with E-state index in [2.05, 4.69) is 0 Å². The number of carbonyl (C=O) groups is 1. The molecule has 0 heterocycles. The summed E-state index contributed by atoms with van der Waals surface area (Å²) in [5.41, 5.74) is 0.843. The number of halogens is 2. The van der Waals surface area contributed by atoms with Crippen LogP contribution in [0.1, 0.15) is 15.9 Å². The summed E-state index contributed by atoms with van der Waals surface area (Å²) < 4.78 is 28.8. The average Bonchev–Trinajstić information content (AvgIpc) is 2.58. The first-order chi connectivity index (χ1) is 11.5. The molecular formula is C18H16ClFO4. The van der Waals surface area contributed by atoms with E-state index in [0.717, 1.165) is 6.07 Å². The molecule has 0 unspecified atom stereocenters. The Balaban J connectivity index is 2.35. The van der Waals surface area contributed by atoms with Crippen molar-refractivity contribution in [1.82, 2.24) is 0 Å². The zero-order chi connectivity index (χ0) is 17.7. The molecule has 126 valence electrons. The number of ketones is 1. The fraction of sp³-hybridized carbons (Fsp3) is 0.167. The van der Waals surface area contributed by atoms with Crippen molar-refractivity contribution in [2.24, 2.45) is 0 Å². The molecular weight excluding hydrogens is 335 g/mol. The van der Waals surface area contributed by atoms with Gasteiger partial charge in [-0.15, -0.1) is 0 Å². The largest absolute Gasteiger partial charge is 0.496 e. The lowest BCUT2D eigenvalue weighted by Gasteiger charge is -2.12.